The molecule has 390 valence electrons. The second kappa shape index (κ2) is 19.7. The Morgan fingerprint density at radius 1 is 0.609 bits per heavy atom. The van der Waals surface area contributed by atoms with Crippen LogP contribution < -0.4 is 0 Å². The van der Waals surface area contributed by atoms with E-state index < -0.39 is 102 Å². The van der Waals surface area contributed by atoms with Crippen molar-refractivity contribution in [2.45, 2.75) is 192 Å². The minimum absolute atomic E-state index is 0.0186. The predicted molar refractivity (Wildman–Crippen MR) is 249 cm³/mol. The maximum atomic E-state index is 11.4. The first-order valence-electron chi connectivity index (χ1n) is 24.9. The molecule has 0 spiro atoms. The molecule has 0 bridgehead atoms. The Labute approximate surface area is 405 Å². The molecule has 69 heavy (non-hydrogen) atoms. The van der Waals surface area contributed by atoms with Crippen LogP contribution in [0, 0.1) is 56.2 Å². The van der Waals surface area contributed by atoms with Gasteiger partial charge in [-0.1, -0.05) is 77.0 Å². The van der Waals surface area contributed by atoms with Crippen LogP contribution in [0.2, 0.25) is 0 Å². The topological polar surface area (TPSA) is 294 Å². The molecule has 6 fully saturated rings. The van der Waals surface area contributed by atoms with E-state index in [1.165, 1.54) is 11.1 Å². The van der Waals surface area contributed by atoms with Gasteiger partial charge in [-0.2, -0.15) is 0 Å². The molecule has 11 N–H and O–H groups in total. The first-order chi connectivity index (χ1) is 32.1. The van der Waals surface area contributed by atoms with Gasteiger partial charge in [-0.05, 0) is 116 Å². The summed E-state index contributed by atoms with van der Waals surface area (Å²) >= 11 is 0. The minimum Gasteiger partial charge on any atom is -0.479 e. The van der Waals surface area contributed by atoms with E-state index in [2.05, 4.69) is 59.1 Å². The van der Waals surface area contributed by atoms with Crippen molar-refractivity contribution >= 4 is 11.9 Å². The molecular weight excluding hydrogens is 897 g/mol. The lowest BCUT2D eigenvalue weighted by molar-refractivity contribution is -0.309. The van der Waals surface area contributed by atoms with Gasteiger partial charge in [-0.3, -0.25) is 0 Å². The molecule has 2 heterocycles. The van der Waals surface area contributed by atoms with Crippen molar-refractivity contribution in [3.63, 3.8) is 0 Å². The van der Waals surface area contributed by atoms with Crippen molar-refractivity contribution in [1.82, 2.24) is 0 Å². The number of hydrogen-bond donors (Lipinski definition) is 11. The lowest BCUT2D eigenvalue weighted by Crippen LogP contribution is -2.64. The number of fused-ring (bicyclic) bond motifs is 6. The third-order valence-electron chi connectivity index (χ3n) is 19.3. The summed E-state index contributed by atoms with van der Waals surface area (Å²) in [5.41, 5.74) is 1.12. The molecule has 0 aromatic heterocycles. The molecule has 0 radical (unpaired) electrons. The van der Waals surface area contributed by atoms with E-state index in [1.807, 2.05) is 19.9 Å². The van der Waals surface area contributed by atoms with E-state index in [-0.39, 0.29) is 52.6 Å². The number of carboxylic acid groups (broad SMARTS) is 2. The highest BCUT2D eigenvalue weighted by atomic mass is 16.7. The van der Waals surface area contributed by atoms with E-state index in [9.17, 15) is 65.8 Å². The zero-order valence-electron chi connectivity index (χ0n) is 41.1. The summed E-state index contributed by atoms with van der Waals surface area (Å²) in [4.78, 5) is 22.9. The highest BCUT2D eigenvalue weighted by molar-refractivity contribution is 5.73. The van der Waals surface area contributed by atoms with Crippen LogP contribution in [0.3, 0.4) is 0 Å². The Morgan fingerprint density at radius 3 is 1.46 bits per heavy atom. The van der Waals surface area contributed by atoms with E-state index in [4.69, 9.17) is 18.9 Å². The van der Waals surface area contributed by atoms with Gasteiger partial charge in [0.05, 0.1) is 31.5 Å². The van der Waals surface area contributed by atoms with Gasteiger partial charge < -0.3 is 75.1 Å². The molecule has 8 aliphatic rings. The summed E-state index contributed by atoms with van der Waals surface area (Å²) in [7, 11) is 0. The van der Waals surface area contributed by atoms with Crippen molar-refractivity contribution in [1.29, 1.82) is 0 Å². The van der Waals surface area contributed by atoms with Crippen LogP contribution in [-0.4, -0.2) is 161 Å². The molecule has 8 rings (SSSR count). The molecule has 23 atom stereocenters. The predicted octanol–water partition coefficient (Wildman–Crippen LogP) is 2.97. The maximum Gasteiger partial charge on any atom is 0.335 e. The Bertz CT molecular complexity index is 1990. The number of rotatable bonds is 10. The van der Waals surface area contributed by atoms with Crippen LogP contribution in [0.25, 0.3) is 0 Å². The first kappa shape index (κ1) is 54.2. The number of carbonyl (C=O) groups is 2. The zero-order chi connectivity index (χ0) is 51.0. The molecule has 17 heteroatoms. The molecule has 0 aromatic rings. The van der Waals surface area contributed by atoms with Gasteiger partial charge in [-0.15, -0.1) is 13.2 Å². The highest BCUT2D eigenvalue weighted by Gasteiger charge is 2.63. The molecule has 23 unspecified atom stereocenters. The fourth-order valence-corrected chi connectivity index (χ4v) is 14.7. The van der Waals surface area contributed by atoms with Gasteiger partial charge in [0.15, 0.2) is 24.8 Å². The van der Waals surface area contributed by atoms with Crippen LogP contribution in [0.15, 0.2) is 48.6 Å². The first-order valence-corrected chi connectivity index (χ1v) is 24.9. The molecule has 6 aliphatic carbocycles. The second-order valence-corrected chi connectivity index (χ2v) is 23.8. The molecule has 0 amide bonds. The standard InChI is InChI=1S/C26H40O9.C26H40O8/c1-5-24(2)9-8-14-13(10-24)6-7-16-25(14,3)11-15(27)21(31)26(16,4)12-34-23-19(30)17(28)18(29)20(35-23)22(32)33;1-5-24(2)10-8-15-14(12-24)6-7-16-25(15,3)11-9-17(27)26(16,4)13-33-23-20(30)18(28)19(29)21(34-23)22(31)32/h5-6,14-21,23,27-31H,1,7-12H2,2-4H3,(H,32,33);5-6,15-21,23,27-30H,1,7-13H2,2-4H3,(H,31,32). The van der Waals surface area contributed by atoms with E-state index in [0.717, 1.165) is 51.4 Å². The normalized spacial score (nSPS) is 51.6. The number of allylic oxidation sites excluding steroid dienone is 6. The highest BCUT2D eigenvalue weighted by Crippen LogP contribution is 2.65. The monoisotopic (exact) mass is 977 g/mol. The summed E-state index contributed by atoms with van der Waals surface area (Å²) in [6, 6.07) is 0. The quantitative estimate of drug-likeness (QED) is 0.140. The number of aliphatic hydroxyl groups is 9. The van der Waals surface area contributed by atoms with E-state index >= 15 is 0 Å². The van der Waals surface area contributed by atoms with Crippen molar-refractivity contribution in [3.05, 3.63) is 48.6 Å². The lowest BCUT2D eigenvalue weighted by atomic mass is 9.44. The summed E-state index contributed by atoms with van der Waals surface area (Å²) in [5, 5.41) is 113. The third kappa shape index (κ3) is 9.49. The Morgan fingerprint density at radius 2 is 1.03 bits per heavy atom. The van der Waals surface area contributed by atoms with Crippen molar-refractivity contribution in [3.8, 4) is 0 Å². The fourth-order valence-electron chi connectivity index (χ4n) is 14.7. The average molecular weight is 977 g/mol. The van der Waals surface area contributed by atoms with Crippen LogP contribution in [0.5, 0.6) is 0 Å². The summed E-state index contributed by atoms with van der Waals surface area (Å²) in [6.07, 6.45) is -1.23. The Balaban J connectivity index is 0.000000204. The smallest absolute Gasteiger partial charge is 0.335 e. The average Bonchev–Trinajstić information content (AvgIpc) is 3.30. The largest absolute Gasteiger partial charge is 0.479 e. The SMILES string of the molecule is C=CC1(C)CCC2C(=CCC3C(C)(COC4OC(C(=O)O)C(O)C(O)C4O)C(O)CCC23C)C1.C=CC1(C)CCC2C(=CCC3C2(C)CC(O)C(O)C3(C)COC2OC(C(=O)O)C(O)C(O)C2O)C1. The zero-order valence-corrected chi connectivity index (χ0v) is 41.1. The van der Waals surface area contributed by atoms with Crippen LogP contribution in [-0.2, 0) is 28.5 Å². The van der Waals surface area contributed by atoms with Gasteiger partial charge in [0.1, 0.15) is 36.6 Å². The van der Waals surface area contributed by atoms with Crippen molar-refractivity contribution in [2.24, 2.45) is 56.2 Å². The van der Waals surface area contributed by atoms with Crippen LogP contribution >= 0.6 is 0 Å². The fraction of sp³-hybridized carbons (Fsp3) is 0.808. The summed E-state index contributed by atoms with van der Waals surface area (Å²) < 4.78 is 22.3. The second-order valence-electron chi connectivity index (χ2n) is 23.8. The molecule has 17 nitrogen and oxygen atoms in total. The lowest BCUT2D eigenvalue weighted by Gasteiger charge is -2.62. The molecule has 4 saturated carbocycles. The van der Waals surface area contributed by atoms with Gasteiger partial charge in [0.25, 0.3) is 0 Å². The summed E-state index contributed by atoms with van der Waals surface area (Å²) in [5.74, 6) is -2.19. The molecular formula is C52H80O17. The Kier molecular flexibility index (Phi) is 15.4. The van der Waals surface area contributed by atoms with Gasteiger partial charge >= 0.3 is 11.9 Å². The Hall–Kier alpha value is -2.62. The third-order valence-corrected chi connectivity index (χ3v) is 19.3. The van der Waals surface area contributed by atoms with Crippen LogP contribution in [0.4, 0.5) is 0 Å². The van der Waals surface area contributed by atoms with Gasteiger partial charge in [0, 0.05) is 10.8 Å². The number of aliphatic hydroxyl groups excluding tert-OH is 9. The van der Waals surface area contributed by atoms with Gasteiger partial charge in [-0.25, -0.2) is 9.59 Å². The van der Waals surface area contributed by atoms with Crippen LogP contribution in [0.1, 0.15) is 112 Å². The number of hydrogen-bond acceptors (Lipinski definition) is 15. The van der Waals surface area contributed by atoms with Crippen molar-refractivity contribution in [2.75, 3.05) is 13.2 Å². The number of aliphatic carboxylic acids is 2. The number of ether oxygens (including phenoxy) is 4. The molecule has 2 aliphatic heterocycles. The van der Waals surface area contributed by atoms with Crippen molar-refractivity contribution < 1.29 is 84.7 Å². The molecule has 0 aromatic carbocycles. The van der Waals surface area contributed by atoms with E-state index in [1.54, 1.807) is 0 Å². The van der Waals surface area contributed by atoms with Gasteiger partial charge in [0.2, 0.25) is 0 Å². The maximum absolute atomic E-state index is 11.4. The number of carboxylic acids is 2. The molecule has 2 saturated heterocycles. The minimum atomic E-state index is -1.81. The van der Waals surface area contributed by atoms with E-state index in [0.29, 0.717) is 25.2 Å². The summed E-state index contributed by atoms with van der Waals surface area (Å²) in [6.45, 7) is 20.8.